The molecule has 4 aromatic carbocycles. The molecule has 74 heavy (non-hydrogen) atoms. The molecule has 20 nitrogen and oxygen atoms in total. The fourth-order valence-electron chi connectivity index (χ4n) is 9.51. The van der Waals surface area contributed by atoms with Crippen molar-refractivity contribution in [2.45, 2.75) is 63.7 Å². The van der Waals surface area contributed by atoms with E-state index in [0.717, 1.165) is 63.8 Å². The molecule has 4 aliphatic rings. The Hall–Kier alpha value is -8.11. The van der Waals surface area contributed by atoms with Crippen LogP contribution in [-0.4, -0.2) is 143 Å². The number of amides is 5. The number of nitrogens with zero attached hydrogens (tertiary/aromatic N) is 7. The van der Waals surface area contributed by atoms with Gasteiger partial charge in [0.1, 0.15) is 23.4 Å². The van der Waals surface area contributed by atoms with Crippen molar-refractivity contribution in [3.63, 3.8) is 0 Å². The number of nitrogens with one attached hydrogen (secondary N) is 5. The zero-order valence-electron chi connectivity index (χ0n) is 40.7. The highest BCUT2D eigenvalue weighted by molar-refractivity contribution is 6.25. The number of rotatable bonds is 17. The van der Waals surface area contributed by atoms with Crippen molar-refractivity contribution in [2.75, 3.05) is 80.5 Å². The van der Waals surface area contributed by atoms with Crippen molar-refractivity contribution >= 4 is 69.6 Å². The van der Waals surface area contributed by atoms with Gasteiger partial charge < -0.3 is 35.2 Å². The van der Waals surface area contributed by atoms with E-state index >= 15 is 0 Å². The predicted molar refractivity (Wildman–Crippen MR) is 269 cm³/mol. The van der Waals surface area contributed by atoms with Crippen LogP contribution in [0.15, 0.2) is 79.0 Å². The lowest BCUT2D eigenvalue weighted by Crippen LogP contribution is -2.54. The summed E-state index contributed by atoms with van der Waals surface area (Å²) in [6, 6.07) is 19.3. The summed E-state index contributed by atoms with van der Waals surface area (Å²) < 4.78 is 39.2. The first-order valence-corrected chi connectivity index (χ1v) is 24.6. The molecule has 0 bridgehead atoms. The molecule has 386 valence electrons. The molecule has 6 heterocycles. The second-order valence-corrected chi connectivity index (χ2v) is 18.3. The number of H-pyrrole nitrogens is 1. The predicted octanol–water partition coefficient (Wildman–Crippen LogP) is 4.92. The first kappa shape index (κ1) is 50.8. The number of piperazine rings is 1. The second-order valence-electron chi connectivity index (χ2n) is 18.3. The molecule has 22 heteroatoms. The number of halogens is 2. The fraction of sp³-hybridized carbons (Fsp3) is 0.365. The van der Waals surface area contributed by atoms with Gasteiger partial charge in [0, 0.05) is 93.0 Å². The maximum absolute atomic E-state index is 13.3. The third-order valence-corrected chi connectivity index (χ3v) is 13.4. The maximum Gasteiger partial charge on any atom is 0.264 e. The lowest BCUT2D eigenvalue weighted by atomic mass is 10.0. The average Bonchev–Trinajstić information content (AvgIpc) is 4.11. The number of ether oxygens (including phenoxy) is 2. The summed E-state index contributed by atoms with van der Waals surface area (Å²) in [6.45, 7) is 5.24. The van der Waals surface area contributed by atoms with Crippen LogP contribution in [0.2, 0.25) is 0 Å². The Morgan fingerprint density at radius 1 is 0.892 bits per heavy atom. The molecular weight excluding hydrogens is 959 g/mol. The molecule has 0 spiro atoms. The number of aldehydes is 1. The van der Waals surface area contributed by atoms with E-state index in [9.17, 15) is 37.5 Å². The molecule has 3 fully saturated rings. The van der Waals surface area contributed by atoms with Crippen molar-refractivity contribution in [3.05, 3.63) is 124 Å². The smallest absolute Gasteiger partial charge is 0.264 e. The van der Waals surface area contributed by atoms with Gasteiger partial charge in [0.25, 0.3) is 11.8 Å². The SMILES string of the molecule is CNc1n[nH]c2ccc(Cc3cc(F)cc(F)c3)cc12.O=Cc1ccc(N2CCN(C(=O)CCOCCn3cc(CNc4cccc5c4C(=O)N(C4CCC(=O)NC4=O)C5=O)nn3)CC2)cc1NC1CCOCC1. The normalized spacial score (nSPS) is 17.0. The maximum atomic E-state index is 13.3. The van der Waals surface area contributed by atoms with Gasteiger partial charge in [-0.25, -0.2) is 13.5 Å². The lowest BCUT2D eigenvalue weighted by Gasteiger charge is -2.36. The molecule has 1 atom stereocenters. The standard InChI is InChI=1S/C37H43N9O8.C15H13F2N3/c47-23-24-4-5-27(20-30(24)39-25-8-16-53-17-9-25)43-11-13-44(14-12-43)33(49)10-18-54-19-15-45-22-26(41-42-45)21-38-29-3-1-2-28-34(29)37(52)46(36(28)51)31-6-7-32(48)40-35(31)50;1-18-15-13-7-9(2-3-14(13)19-20-15)4-10-5-11(16)8-12(17)6-10/h1-5,20,22-23,25,31,38-39H,6-19,21H2,(H,40,48,50);2-3,5-8H,4H2,1H3,(H2,18,19,20). The summed E-state index contributed by atoms with van der Waals surface area (Å²) in [7, 11) is 1.80. The zero-order chi connectivity index (χ0) is 51.7. The fourth-order valence-corrected chi connectivity index (χ4v) is 9.51. The Labute approximate surface area is 424 Å². The van der Waals surface area contributed by atoms with E-state index in [0.29, 0.717) is 81.5 Å². The van der Waals surface area contributed by atoms with E-state index in [1.54, 1.807) is 30.1 Å². The van der Waals surface area contributed by atoms with Gasteiger partial charge in [-0.2, -0.15) is 5.10 Å². The molecule has 5 amide bonds. The summed E-state index contributed by atoms with van der Waals surface area (Å²) in [5.41, 5.74) is 6.35. The van der Waals surface area contributed by atoms with Gasteiger partial charge in [-0.15, -0.1) is 5.10 Å². The van der Waals surface area contributed by atoms with E-state index in [1.165, 1.54) is 18.2 Å². The van der Waals surface area contributed by atoms with E-state index in [4.69, 9.17) is 9.47 Å². The molecule has 0 saturated carbocycles. The molecule has 3 saturated heterocycles. The van der Waals surface area contributed by atoms with E-state index in [-0.39, 0.29) is 55.5 Å². The van der Waals surface area contributed by atoms with Crippen LogP contribution in [0.25, 0.3) is 10.9 Å². The molecule has 4 aliphatic heterocycles. The Morgan fingerprint density at radius 3 is 2.45 bits per heavy atom. The van der Waals surface area contributed by atoms with Gasteiger partial charge in [-0.1, -0.05) is 17.3 Å². The summed E-state index contributed by atoms with van der Waals surface area (Å²) in [5.74, 6) is -2.58. The topological polar surface area (TPSA) is 238 Å². The molecule has 6 aromatic rings. The van der Waals surface area contributed by atoms with Gasteiger partial charge >= 0.3 is 0 Å². The number of anilines is 4. The molecule has 0 radical (unpaired) electrons. The number of aromatic amines is 1. The summed E-state index contributed by atoms with van der Waals surface area (Å²) >= 11 is 0. The number of aromatic nitrogens is 5. The Kier molecular flexibility index (Phi) is 15.9. The Bertz CT molecular complexity index is 3040. The number of hydrogen-bond acceptors (Lipinski definition) is 15. The number of carbonyl (C=O) groups excluding carboxylic acids is 6. The van der Waals surface area contributed by atoms with E-state index in [2.05, 4.69) is 46.7 Å². The third-order valence-electron chi connectivity index (χ3n) is 13.4. The quantitative estimate of drug-likeness (QED) is 0.0463. The minimum atomic E-state index is -1.04. The van der Waals surface area contributed by atoms with Crippen molar-refractivity contribution < 1.29 is 47.0 Å². The van der Waals surface area contributed by atoms with E-state index < -0.39 is 41.3 Å². The first-order valence-electron chi connectivity index (χ1n) is 24.6. The minimum absolute atomic E-state index is 0.0368. The Balaban J connectivity index is 0.000000279. The number of fused-ring (bicyclic) bond motifs is 2. The summed E-state index contributed by atoms with van der Waals surface area (Å²) in [6.07, 6.45) is 5.28. The van der Waals surface area contributed by atoms with Crippen LogP contribution in [0.3, 0.4) is 0 Å². The molecular formula is C52H56F2N12O8. The van der Waals surface area contributed by atoms with Crippen LogP contribution in [0, 0.1) is 11.6 Å². The van der Waals surface area contributed by atoms with Crippen molar-refractivity contribution in [2.24, 2.45) is 0 Å². The monoisotopic (exact) mass is 1010 g/mol. The van der Waals surface area contributed by atoms with Gasteiger partial charge in [-0.3, -0.25) is 44.1 Å². The molecule has 2 aromatic heterocycles. The van der Waals surface area contributed by atoms with Crippen LogP contribution >= 0.6 is 0 Å². The van der Waals surface area contributed by atoms with Crippen molar-refractivity contribution in [1.82, 2.24) is 40.3 Å². The summed E-state index contributed by atoms with van der Waals surface area (Å²) in [5, 5.41) is 28.2. The number of hydrogen-bond donors (Lipinski definition) is 5. The zero-order valence-corrected chi connectivity index (χ0v) is 40.7. The average molecular weight is 1020 g/mol. The molecule has 0 aliphatic carbocycles. The molecule has 1 unspecified atom stereocenters. The van der Waals surface area contributed by atoms with Crippen LogP contribution < -0.4 is 26.2 Å². The van der Waals surface area contributed by atoms with Gasteiger partial charge in [0.2, 0.25) is 17.7 Å². The van der Waals surface area contributed by atoms with Gasteiger partial charge in [0.15, 0.2) is 12.1 Å². The lowest BCUT2D eigenvalue weighted by molar-refractivity contribution is -0.136. The molecule has 10 rings (SSSR count). The highest BCUT2D eigenvalue weighted by Gasteiger charge is 2.45. The van der Waals surface area contributed by atoms with Crippen LogP contribution in [0.4, 0.5) is 31.7 Å². The number of imide groups is 2. The van der Waals surface area contributed by atoms with Crippen LogP contribution in [-0.2, 0) is 43.4 Å². The van der Waals surface area contributed by atoms with Crippen LogP contribution in [0.1, 0.15) is 80.0 Å². The second kappa shape index (κ2) is 23.2. The third kappa shape index (κ3) is 11.9. The summed E-state index contributed by atoms with van der Waals surface area (Å²) in [4.78, 5) is 80.0. The first-order chi connectivity index (χ1) is 35.9. The highest BCUT2D eigenvalue weighted by Crippen LogP contribution is 2.33. The molecule has 5 N–H and O–H groups in total. The van der Waals surface area contributed by atoms with Gasteiger partial charge in [-0.05, 0) is 91.4 Å². The van der Waals surface area contributed by atoms with E-state index in [1.807, 2.05) is 41.3 Å². The van der Waals surface area contributed by atoms with Gasteiger partial charge in [0.05, 0.1) is 55.6 Å². The number of piperidine rings is 1. The number of benzene rings is 4. The van der Waals surface area contributed by atoms with Crippen molar-refractivity contribution in [1.29, 1.82) is 0 Å². The minimum Gasteiger partial charge on any atom is -0.381 e. The Morgan fingerprint density at radius 2 is 1.69 bits per heavy atom. The highest BCUT2D eigenvalue weighted by atomic mass is 19.1. The largest absolute Gasteiger partial charge is 0.381 e. The van der Waals surface area contributed by atoms with Crippen molar-refractivity contribution in [3.8, 4) is 0 Å². The van der Waals surface area contributed by atoms with Crippen LogP contribution in [0.5, 0.6) is 0 Å². The number of carbonyl (C=O) groups is 6.